The minimum Gasteiger partial charge on any atom is -0.463 e. The van der Waals surface area contributed by atoms with Gasteiger partial charge in [0.2, 0.25) is 0 Å². The number of rotatable bonds is 17. The van der Waals surface area contributed by atoms with Crippen LogP contribution in [0, 0.1) is 0 Å². The molecule has 68 heavy (non-hydrogen) atoms. The van der Waals surface area contributed by atoms with Crippen molar-refractivity contribution in [2.24, 2.45) is 0 Å². The molecule has 0 bridgehead atoms. The monoisotopic (exact) mass is 1000 g/mol. The topological polar surface area (TPSA) is 32.8 Å². The van der Waals surface area contributed by atoms with Crippen LogP contribution in [0.2, 0.25) is 0 Å². The highest BCUT2D eigenvalue weighted by Gasteiger charge is 2.52. The van der Waals surface area contributed by atoms with Crippen molar-refractivity contribution in [3.63, 3.8) is 0 Å². The molecule has 0 radical (unpaired) electrons. The van der Waals surface area contributed by atoms with Crippen LogP contribution in [-0.2, 0) is 0 Å². The first-order valence-corrected chi connectivity index (χ1v) is 31.1. The molecule has 2 fully saturated rings. The molecule has 0 aliphatic carbocycles. The lowest BCUT2D eigenvalue weighted by Crippen LogP contribution is -2.27. The van der Waals surface area contributed by atoms with Gasteiger partial charge in [-0.3, -0.25) is 0 Å². The number of hydrogen-bond acceptors (Lipinski definition) is 6. The third kappa shape index (κ3) is 9.44. The number of para-hydroxylation sites is 1. The van der Waals surface area contributed by atoms with Gasteiger partial charge in [0.05, 0.1) is 29.8 Å². The second-order valence-corrected chi connectivity index (χ2v) is 29.5. The van der Waals surface area contributed by atoms with E-state index >= 15 is 0 Å². The number of nitrogens with zero attached hydrogens (tertiary/aromatic N) is 2. The molecule has 7 atom stereocenters. The van der Waals surface area contributed by atoms with Crippen molar-refractivity contribution >= 4 is 80.9 Å². The molecule has 11 rings (SSSR count). The number of benzene rings is 5. The molecule has 0 N–H and O–H groups in total. The Kier molecular flexibility index (Phi) is 14.6. The van der Waals surface area contributed by atoms with E-state index in [2.05, 4.69) is 227 Å². The summed E-state index contributed by atoms with van der Waals surface area (Å²) in [5.74, 6) is 0.213. The van der Waals surface area contributed by atoms with Crippen molar-refractivity contribution in [1.82, 2.24) is 4.44 Å². The Morgan fingerprint density at radius 3 is 1.59 bits per heavy atom. The number of unbranched alkanes of at least 4 members (excludes halogenated alkanes) is 1. The molecule has 2 saturated heterocycles. The summed E-state index contributed by atoms with van der Waals surface area (Å²) in [7, 11) is -3.61. The standard InChI is InChI=1S/C58H56N2O2P4S2/c1-2-3-37-59(63-51(44-22-9-4-10-23-44)35-36-52(63)45-24-11-5-12-25-45)65(54-32-19-38-61-54)55-41-48(43-62-55)50-42-53(46-26-13-6-14-27-46)64(58(50)47-28-15-7-16-29-47)60(49-30-17-8-18-31-49)66(56-33-20-39-67-56)57-34-21-40-68-57/h4-34,38-41,43,50-53,58H,2-3,35-37,42H2,1H3/t50?,51-,52-,53-,58+,64?,65?/m0/s1. The quantitative estimate of drug-likeness (QED) is 0.0851. The minimum atomic E-state index is -1.14. The summed E-state index contributed by atoms with van der Waals surface area (Å²) in [6, 6.07) is 73.1. The first-order chi connectivity index (χ1) is 33.7. The Balaban J connectivity index is 1.07. The second-order valence-electron chi connectivity index (χ2n) is 17.6. The van der Waals surface area contributed by atoms with Crippen LogP contribution >= 0.6 is 55.0 Å². The number of anilines is 1. The third-order valence-corrected chi connectivity index (χ3v) is 28.7. The fourth-order valence-electron chi connectivity index (χ4n) is 10.5. The molecule has 3 unspecified atom stereocenters. The van der Waals surface area contributed by atoms with Gasteiger partial charge in [-0.05, 0) is 115 Å². The van der Waals surface area contributed by atoms with E-state index in [1.165, 1.54) is 55.6 Å². The molecular weight excluding hydrogens is 945 g/mol. The molecule has 342 valence electrons. The molecule has 5 aromatic carbocycles. The van der Waals surface area contributed by atoms with Crippen molar-refractivity contribution in [2.75, 3.05) is 11.0 Å². The molecule has 9 aromatic rings. The normalized spacial score (nSPS) is 21.2. The zero-order chi connectivity index (χ0) is 45.7. The number of hydrogen-bond donors (Lipinski definition) is 0. The molecule has 10 heteroatoms. The van der Waals surface area contributed by atoms with Crippen LogP contribution < -0.4 is 24.7 Å². The average Bonchev–Trinajstić information content (AvgIpc) is 4.27. The van der Waals surface area contributed by atoms with Gasteiger partial charge in [-0.1, -0.05) is 165 Å². The number of thiophene rings is 2. The van der Waals surface area contributed by atoms with E-state index in [0.717, 1.165) is 36.8 Å². The van der Waals surface area contributed by atoms with Gasteiger partial charge in [0, 0.05) is 48.9 Å². The first kappa shape index (κ1) is 46.0. The summed E-state index contributed by atoms with van der Waals surface area (Å²) >= 11 is 3.81. The predicted octanol–water partition coefficient (Wildman–Crippen LogP) is 17.0. The van der Waals surface area contributed by atoms with Crippen molar-refractivity contribution in [2.45, 2.75) is 67.6 Å². The highest BCUT2D eigenvalue weighted by molar-refractivity contribution is 7.91. The van der Waals surface area contributed by atoms with Crippen LogP contribution in [0.1, 0.15) is 95.4 Å². The van der Waals surface area contributed by atoms with Gasteiger partial charge in [0.1, 0.15) is 19.1 Å². The van der Waals surface area contributed by atoms with Gasteiger partial charge in [0.25, 0.3) is 0 Å². The molecular formula is C58H56N2O2P4S2. The van der Waals surface area contributed by atoms with Crippen molar-refractivity contribution < 1.29 is 8.83 Å². The van der Waals surface area contributed by atoms with Gasteiger partial charge in [-0.2, -0.15) is 0 Å². The summed E-state index contributed by atoms with van der Waals surface area (Å²) < 4.78 is 22.5. The zero-order valence-corrected chi connectivity index (χ0v) is 43.4. The van der Waals surface area contributed by atoms with E-state index < -0.39 is 32.3 Å². The first-order valence-electron chi connectivity index (χ1n) is 23.9. The Bertz CT molecular complexity index is 2810. The van der Waals surface area contributed by atoms with E-state index in [-0.39, 0.29) is 11.6 Å². The van der Waals surface area contributed by atoms with E-state index in [0.29, 0.717) is 17.0 Å². The number of furan rings is 2. The van der Waals surface area contributed by atoms with Gasteiger partial charge in [0.15, 0.2) is 0 Å². The Hall–Kier alpha value is -4.46. The van der Waals surface area contributed by atoms with E-state index in [4.69, 9.17) is 8.83 Å². The maximum atomic E-state index is 7.17. The molecule has 4 nitrogen and oxygen atoms in total. The van der Waals surface area contributed by atoms with Gasteiger partial charge < -0.3 is 13.3 Å². The Labute approximate surface area is 415 Å². The minimum absolute atomic E-state index is 0.213. The lowest BCUT2D eigenvalue weighted by Gasteiger charge is -2.43. The molecule has 0 saturated carbocycles. The van der Waals surface area contributed by atoms with E-state index in [1.54, 1.807) is 0 Å². The Morgan fingerprint density at radius 1 is 0.529 bits per heavy atom. The largest absolute Gasteiger partial charge is 0.463 e. The molecule has 2 aliphatic heterocycles. The van der Waals surface area contributed by atoms with Gasteiger partial charge >= 0.3 is 0 Å². The lowest BCUT2D eigenvalue weighted by atomic mass is 9.88. The van der Waals surface area contributed by atoms with Crippen LogP contribution in [0.4, 0.5) is 5.69 Å². The average molecular weight is 1000 g/mol. The fourth-order valence-corrected chi connectivity index (χ4v) is 28.2. The van der Waals surface area contributed by atoms with Gasteiger partial charge in [-0.15, -0.1) is 22.7 Å². The molecule has 6 heterocycles. The summed E-state index contributed by atoms with van der Waals surface area (Å²) in [5.41, 5.74) is 11.8. The third-order valence-electron chi connectivity index (χ3n) is 13.5. The summed E-state index contributed by atoms with van der Waals surface area (Å²) in [6.45, 7) is 3.33. The SMILES string of the molecule is CCCCN(P(c1ccco1)c1cc(C2C[C@@H](c3ccccc3)P(N(c3ccccc3)P(c3cccs3)c3cccs3)[C@@H]2c2ccccc2)co1)P1[C@H](c2ccccc2)CC[C@H]1c1ccccc1. The highest BCUT2D eigenvalue weighted by atomic mass is 32.1. The molecule has 4 aromatic heterocycles. The maximum absolute atomic E-state index is 7.17. The predicted molar refractivity (Wildman–Crippen MR) is 296 cm³/mol. The zero-order valence-electron chi connectivity index (χ0n) is 38.2. The van der Waals surface area contributed by atoms with Crippen LogP contribution in [0.3, 0.4) is 0 Å². The van der Waals surface area contributed by atoms with Crippen LogP contribution in [0.15, 0.2) is 226 Å². The Morgan fingerprint density at radius 2 is 1.07 bits per heavy atom. The second kappa shape index (κ2) is 21.7. The van der Waals surface area contributed by atoms with Crippen molar-refractivity contribution in [1.29, 1.82) is 0 Å². The summed E-state index contributed by atoms with van der Waals surface area (Å²) in [5, 5.41) is 4.53. The van der Waals surface area contributed by atoms with Crippen molar-refractivity contribution in [3.05, 3.63) is 245 Å². The van der Waals surface area contributed by atoms with Gasteiger partial charge in [-0.25, -0.2) is 4.44 Å². The van der Waals surface area contributed by atoms with Crippen molar-refractivity contribution in [3.8, 4) is 0 Å². The summed E-state index contributed by atoms with van der Waals surface area (Å²) in [6.07, 6.45) is 9.63. The fraction of sp³-hybridized carbons (Fsp3) is 0.207. The molecule has 0 amide bonds. The van der Waals surface area contributed by atoms with Crippen LogP contribution in [-0.4, -0.2) is 11.0 Å². The van der Waals surface area contributed by atoms with E-state index in [1.807, 2.05) is 28.9 Å². The maximum Gasteiger partial charge on any atom is 0.148 e. The lowest BCUT2D eigenvalue weighted by molar-refractivity contribution is 0.565. The van der Waals surface area contributed by atoms with Crippen LogP contribution in [0.25, 0.3) is 0 Å². The summed E-state index contributed by atoms with van der Waals surface area (Å²) in [4.78, 5) is 0. The smallest absolute Gasteiger partial charge is 0.148 e. The van der Waals surface area contributed by atoms with E-state index in [9.17, 15) is 0 Å². The van der Waals surface area contributed by atoms with Crippen LogP contribution in [0.5, 0.6) is 0 Å². The highest BCUT2D eigenvalue weighted by Crippen LogP contribution is 2.81. The molecule has 0 spiro atoms. The molecule has 2 aliphatic rings.